The van der Waals surface area contributed by atoms with Gasteiger partial charge < -0.3 is 10.8 Å². The number of nitrogens with two attached hydrogens (primary N) is 1. The number of hydrogen-bond donors (Lipinski definition) is 2. The van der Waals surface area contributed by atoms with E-state index >= 15 is 0 Å². The fraction of sp³-hybridized carbons (Fsp3) is 0.455. The quantitative estimate of drug-likeness (QED) is 0.764. The van der Waals surface area contributed by atoms with Crippen molar-refractivity contribution in [1.82, 2.24) is 0 Å². The Bertz CT molecular complexity index is 297. The van der Waals surface area contributed by atoms with Gasteiger partial charge in [-0.15, -0.1) is 0 Å². The zero-order chi connectivity index (χ0) is 10.6. The summed E-state index contributed by atoms with van der Waals surface area (Å²) in [6, 6.07) is 6.39. The highest BCUT2D eigenvalue weighted by atomic mass is 19.1. The number of hydrogen-bond acceptors (Lipinski definition) is 2. The Morgan fingerprint density at radius 1 is 1.50 bits per heavy atom. The molecule has 0 radical (unpaired) electrons. The minimum Gasteiger partial charge on any atom is -0.396 e. The van der Waals surface area contributed by atoms with E-state index in [1.165, 1.54) is 12.1 Å². The first kappa shape index (κ1) is 11.1. The van der Waals surface area contributed by atoms with E-state index in [2.05, 4.69) is 0 Å². The van der Waals surface area contributed by atoms with Gasteiger partial charge >= 0.3 is 0 Å². The standard InChI is InChI=1S/C11H16FNO/c1-11(7-13,8-14)6-9-3-2-4-10(12)5-9/h2-5,14H,6-8,13H2,1H3. The third kappa shape index (κ3) is 2.79. The molecule has 3 heteroatoms. The van der Waals surface area contributed by atoms with Crippen molar-refractivity contribution < 1.29 is 9.50 Å². The molecule has 0 saturated carbocycles. The summed E-state index contributed by atoms with van der Waals surface area (Å²) in [5.74, 6) is -0.250. The normalized spacial score (nSPS) is 15.1. The van der Waals surface area contributed by atoms with Crippen LogP contribution in [-0.4, -0.2) is 18.3 Å². The van der Waals surface area contributed by atoms with Crippen molar-refractivity contribution in [3.63, 3.8) is 0 Å². The van der Waals surface area contributed by atoms with Crippen LogP contribution in [0.1, 0.15) is 12.5 Å². The Morgan fingerprint density at radius 3 is 2.71 bits per heavy atom. The van der Waals surface area contributed by atoms with Gasteiger partial charge in [-0.05, 0) is 24.1 Å². The van der Waals surface area contributed by atoms with E-state index in [9.17, 15) is 4.39 Å². The molecule has 0 saturated heterocycles. The van der Waals surface area contributed by atoms with Crippen LogP contribution >= 0.6 is 0 Å². The largest absolute Gasteiger partial charge is 0.396 e. The van der Waals surface area contributed by atoms with E-state index < -0.39 is 0 Å². The molecule has 0 amide bonds. The molecule has 1 unspecified atom stereocenters. The summed E-state index contributed by atoms with van der Waals surface area (Å²) in [4.78, 5) is 0. The van der Waals surface area contributed by atoms with Gasteiger partial charge in [0.25, 0.3) is 0 Å². The van der Waals surface area contributed by atoms with Crippen LogP contribution in [0.3, 0.4) is 0 Å². The lowest BCUT2D eigenvalue weighted by molar-refractivity contribution is 0.149. The Kier molecular flexibility index (Phi) is 3.61. The van der Waals surface area contributed by atoms with E-state index in [1.54, 1.807) is 6.07 Å². The first-order chi connectivity index (χ1) is 6.59. The predicted molar refractivity (Wildman–Crippen MR) is 54.4 cm³/mol. The third-order valence-electron chi connectivity index (χ3n) is 2.39. The third-order valence-corrected chi connectivity index (χ3v) is 2.39. The molecule has 0 spiro atoms. The summed E-state index contributed by atoms with van der Waals surface area (Å²) >= 11 is 0. The fourth-order valence-corrected chi connectivity index (χ4v) is 1.33. The van der Waals surface area contributed by atoms with Crippen LogP contribution in [0.2, 0.25) is 0 Å². The van der Waals surface area contributed by atoms with Crippen molar-refractivity contribution in [3.8, 4) is 0 Å². The van der Waals surface area contributed by atoms with Gasteiger partial charge in [-0.3, -0.25) is 0 Å². The van der Waals surface area contributed by atoms with E-state index in [0.29, 0.717) is 13.0 Å². The first-order valence-corrected chi connectivity index (χ1v) is 4.65. The predicted octanol–water partition coefficient (Wildman–Crippen LogP) is 1.33. The van der Waals surface area contributed by atoms with E-state index in [-0.39, 0.29) is 17.8 Å². The monoisotopic (exact) mass is 197 g/mol. The van der Waals surface area contributed by atoms with Gasteiger partial charge in [-0.2, -0.15) is 0 Å². The molecule has 0 aromatic heterocycles. The van der Waals surface area contributed by atoms with Crippen LogP contribution in [0, 0.1) is 11.2 Å². The zero-order valence-electron chi connectivity index (χ0n) is 8.33. The molecule has 2 nitrogen and oxygen atoms in total. The van der Waals surface area contributed by atoms with E-state index in [0.717, 1.165) is 5.56 Å². The molecule has 1 aromatic rings. The summed E-state index contributed by atoms with van der Waals surface area (Å²) in [6.07, 6.45) is 0.595. The highest BCUT2D eigenvalue weighted by Gasteiger charge is 2.21. The molecule has 1 aromatic carbocycles. The lowest BCUT2D eigenvalue weighted by Gasteiger charge is -2.25. The highest BCUT2D eigenvalue weighted by Crippen LogP contribution is 2.20. The van der Waals surface area contributed by atoms with Crippen molar-refractivity contribution in [3.05, 3.63) is 35.6 Å². The highest BCUT2D eigenvalue weighted by molar-refractivity contribution is 5.18. The van der Waals surface area contributed by atoms with E-state index in [4.69, 9.17) is 10.8 Å². The fourth-order valence-electron chi connectivity index (χ4n) is 1.33. The molecule has 78 valence electrons. The van der Waals surface area contributed by atoms with Crippen molar-refractivity contribution in [1.29, 1.82) is 0 Å². The molecular weight excluding hydrogens is 181 g/mol. The Hall–Kier alpha value is -0.930. The number of aliphatic hydroxyl groups is 1. The van der Waals surface area contributed by atoms with Gasteiger partial charge in [0, 0.05) is 18.6 Å². The molecule has 0 heterocycles. The molecule has 3 N–H and O–H groups in total. The average Bonchev–Trinajstić information content (AvgIpc) is 2.18. The van der Waals surface area contributed by atoms with Gasteiger partial charge in [-0.25, -0.2) is 4.39 Å². The minimum atomic E-state index is -0.353. The number of benzene rings is 1. The molecule has 1 rings (SSSR count). The van der Waals surface area contributed by atoms with Gasteiger partial charge in [-0.1, -0.05) is 19.1 Å². The SMILES string of the molecule is CC(CN)(CO)Cc1cccc(F)c1. The van der Waals surface area contributed by atoms with Crippen molar-refractivity contribution in [2.75, 3.05) is 13.2 Å². The first-order valence-electron chi connectivity index (χ1n) is 4.65. The molecule has 0 bridgehead atoms. The maximum absolute atomic E-state index is 12.9. The second-order valence-corrected chi connectivity index (χ2v) is 3.98. The number of rotatable bonds is 4. The summed E-state index contributed by atoms with van der Waals surface area (Å²) in [5, 5.41) is 9.14. The second-order valence-electron chi connectivity index (χ2n) is 3.98. The molecule has 14 heavy (non-hydrogen) atoms. The molecule has 0 aliphatic rings. The lowest BCUT2D eigenvalue weighted by Crippen LogP contribution is -2.33. The van der Waals surface area contributed by atoms with Crippen LogP contribution < -0.4 is 5.73 Å². The molecule has 0 aliphatic carbocycles. The van der Waals surface area contributed by atoms with Crippen LogP contribution in [0.15, 0.2) is 24.3 Å². The van der Waals surface area contributed by atoms with Gasteiger partial charge in [0.1, 0.15) is 5.82 Å². The average molecular weight is 197 g/mol. The van der Waals surface area contributed by atoms with Gasteiger partial charge in [0.15, 0.2) is 0 Å². The molecule has 1 atom stereocenters. The van der Waals surface area contributed by atoms with Crippen LogP contribution in [0.25, 0.3) is 0 Å². The number of halogens is 1. The molecule has 0 aliphatic heterocycles. The van der Waals surface area contributed by atoms with Crippen molar-refractivity contribution >= 4 is 0 Å². The van der Waals surface area contributed by atoms with E-state index in [1.807, 2.05) is 13.0 Å². The van der Waals surface area contributed by atoms with Crippen LogP contribution in [-0.2, 0) is 6.42 Å². The second kappa shape index (κ2) is 4.53. The summed E-state index contributed by atoms with van der Waals surface area (Å²) in [5.41, 5.74) is 6.06. The minimum absolute atomic E-state index is 0.0139. The lowest BCUT2D eigenvalue weighted by atomic mass is 9.84. The number of aliphatic hydroxyl groups excluding tert-OH is 1. The maximum atomic E-state index is 12.9. The molecule has 0 fully saturated rings. The van der Waals surface area contributed by atoms with Crippen molar-refractivity contribution in [2.24, 2.45) is 11.1 Å². The Morgan fingerprint density at radius 2 is 2.21 bits per heavy atom. The smallest absolute Gasteiger partial charge is 0.123 e. The summed E-state index contributed by atoms with van der Waals surface area (Å²) < 4.78 is 12.9. The zero-order valence-corrected chi connectivity index (χ0v) is 8.33. The van der Waals surface area contributed by atoms with Gasteiger partial charge in [0.2, 0.25) is 0 Å². The Balaban J connectivity index is 2.77. The topological polar surface area (TPSA) is 46.2 Å². The van der Waals surface area contributed by atoms with Gasteiger partial charge in [0.05, 0.1) is 0 Å². The molecular formula is C11H16FNO. The summed E-state index contributed by atoms with van der Waals surface area (Å²) in [6.45, 7) is 2.29. The van der Waals surface area contributed by atoms with Crippen LogP contribution in [0.4, 0.5) is 4.39 Å². The maximum Gasteiger partial charge on any atom is 0.123 e. The van der Waals surface area contributed by atoms with Crippen LogP contribution in [0.5, 0.6) is 0 Å². The Labute approximate surface area is 83.6 Å². The van der Waals surface area contributed by atoms with Crippen molar-refractivity contribution in [2.45, 2.75) is 13.3 Å². The summed E-state index contributed by atoms with van der Waals surface area (Å²) in [7, 11) is 0.